The van der Waals surface area contributed by atoms with Gasteiger partial charge >= 0.3 is 0 Å². The van der Waals surface area contributed by atoms with Crippen molar-refractivity contribution in [3.63, 3.8) is 0 Å². The highest BCUT2D eigenvalue weighted by Crippen LogP contribution is 2.26. The molecular weight excluding hydrogens is 183 g/mol. The smallest absolute Gasteiger partial charge is 0.163 e. The predicted molar refractivity (Wildman–Crippen MR) is 50.9 cm³/mol. The number of ketones is 1. The number of benzene rings is 1. The summed E-state index contributed by atoms with van der Waals surface area (Å²) in [6.45, 7) is 3.15. The van der Waals surface area contributed by atoms with Gasteiger partial charge in [0.25, 0.3) is 0 Å². The van der Waals surface area contributed by atoms with Crippen LogP contribution in [0.1, 0.15) is 23.0 Å². The second kappa shape index (κ2) is 2.94. The molecule has 0 spiro atoms. The Morgan fingerprint density at radius 1 is 1.43 bits per heavy atom. The molecule has 0 atom stereocenters. The van der Waals surface area contributed by atoms with Crippen molar-refractivity contribution in [2.24, 2.45) is 0 Å². The minimum absolute atomic E-state index is 0.105. The van der Waals surface area contributed by atoms with Gasteiger partial charge in [0.15, 0.2) is 5.78 Å². The maximum Gasteiger partial charge on any atom is 0.163 e. The number of aryl methyl sites for hydroxylation is 1. The standard InChI is InChI=1S/C11H9FO2/c1-6(13)11-7(2)14-10-4-3-8(12)5-9(10)11/h3-5H,1-2H3. The fourth-order valence-electron chi connectivity index (χ4n) is 1.63. The van der Waals surface area contributed by atoms with E-state index in [0.717, 1.165) is 0 Å². The van der Waals surface area contributed by atoms with E-state index in [-0.39, 0.29) is 11.6 Å². The second-order valence-electron chi connectivity index (χ2n) is 3.23. The highest BCUT2D eigenvalue weighted by molar-refractivity contribution is 6.07. The number of furan rings is 1. The van der Waals surface area contributed by atoms with Crippen molar-refractivity contribution in [3.8, 4) is 0 Å². The Bertz CT molecular complexity index is 511. The van der Waals surface area contributed by atoms with Gasteiger partial charge in [0.05, 0.1) is 5.56 Å². The highest BCUT2D eigenvalue weighted by atomic mass is 19.1. The number of carbonyl (C=O) groups excluding carboxylic acids is 1. The van der Waals surface area contributed by atoms with Crippen molar-refractivity contribution in [2.45, 2.75) is 13.8 Å². The zero-order valence-electron chi connectivity index (χ0n) is 7.93. The Labute approximate surface area is 80.3 Å². The summed E-state index contributed by atoms with van der Waals surface area (Å²) in [5.74, 6) is 0.0748. The summed E-state index contributed by atoms with van der Waals surface area (Å²) >= 11 is 0. The molecule has 2 rings (SSSR count). The Morgan fingerprint density at radius 2 is 2.14 bits per heavy atom. The molecule has 1 aromatic carbocycles. The van der Waals surface area contributed by atoms with Crippen molar-refractivity contribution in [2.75, 3.05) is 0 Å². The first kappa shape index (κ1) is 8.94. The Hall–Kier alpha value is -1.64. The lowest BCUT2D eigenvalue weighted by atomic mass is 10.1. The fourth-order valence-corrected chi connectivity index (χ4v) is 1.63. The summed E-state index contributed by atoms with van der Waals surface area (Å²) in [6, 6.07) is 4.17. The van der Waals surface area contributed by atoms with Gasteiger partial charge < -0.3 is 4.42 Å². The van der Waals surface area contributed by atoms with Gasteiger partial charge in [-0.15, -0.1) is 0 Å². The van der Waals surface area contributed by atoms with Crippen LogP contribution in [-0.4, -0.2) is 5.78 Å². The van der Waals surface area contributed by atoms with E-state index < -0.39 is 0 Å². The number of rotatable bonds is 1. The molecule has 0 bridgehead atoms. The molecular formula is C11H9FO2. The van der Waals surface area contributed by atoms with E-state index >= 15 is 0 Å². The van der Waals surface area contributed by atoms with Crippen LogP contribution in [0.15, 0.2) is 22.6 Å². The normalized spacial score (nSPS) is 10.8. The van der Waals surface area contributed by atoms with Crippen LogP contribution in [0.3, 0.4) is 0 Å². The van der Waals surface area contributed by atoms with Crippen LogP contribution >= 0.6 is 0 Å². The third-order valence-electron chi connectivity index (χ3n) is 2.18. The number of Topliss-reactive ketones (excluding diaryl/α,β-unsaturated/α-hetero) is 1. The molecule has 0 N–H and O–H groups in total. The van der Waals surface area contributed by atoms with E-state index in [0.29, 0.717) is 22.3 Å². The van der Waals surface area contributed by atoms with E-state index in [9.17, 15) is 9.18 Å². The first-order chi connectivity index (χ1) is 6.59. The zero-order valence-corrected chi connectivity index (χ0v) is 7.93. The van der Waals surface area contributed by atoms with Crippen LogP contribution in [-0.2, 0) is 0 Å². The maximum absolute atomic E-state index is 12.9. The summed E-state index contributed by atoms with van der Waals surface area (Å²) in [7, 11) is 0. The lowest BCUT2D eigenvalue weighted by molar-refractivity contribution is 0.101. The fraction of sp³-hybridized carbons (Fsp3) is 0.182. The minimum atomic E-state index is -0.360. The molecule has 0 amide bonds. The molecule has 72 valence electrons. The van der Waals surface area contributed by atoms with Crippen molar-refractivity contribution < 1.29 is 13.6 Å². The van der Waals surface area contributed by atoms with Crippen molar-refractivity contribution in [3.05, 3.63) is 35.3 Å². The molecule has 2 aromatic rings. The van der Waals surface area contributed by atoms with E-state index in [2.05, 4.69) is 0 Å². The number of hydrogen-bond acceptors (Lipinski definition) is 2. The SMILES string of the molecule is CC(=O)c1c(C)oc2ccc(F)cc12. The van der Waals surface area contributed by atoms with E-state index in [1.165, 1.54) is 25.1 Å². The second-order valence-corrected chi connectivity index (χ2v) is 3.23. The third kappa shape index (κ3) is 1.21. The number of carbonyl (C=O) groups is 1. The van der Waals surface area contributed by atoms with Crippen molar-refractivity contribution in [1.82, 2.24) is 0 Å². The van der Waals surface area contributed by atoms with Gasteiger partial charge in [-0.25, -0.2) is 4.39 Å². The maximum atomic E-state index is 12.9. The minimum Gasteiger partial charge on any atom is -0.461 e. The lowest BCUT2D eigenvalue weighted by Crippen LogP contribution is -1.92. The van der Waals surface area contributed by atoms with Crippen LogP contribution < -0.4 is 0 Å². The van der Waals surface area contributed by atoms with Gasteiger partial charge in [-0.2, -0.15) is 0 Å². The van der Waals surface area contributed by atoms with Crippen LogP contribution in [0.4, 0.5) is 4.39 Å². The van der Waals surface area contributed by atoms with Gasteiger partial charge in [0.2, 0.25) is 0 Å². The average molecular weight is 192 g/mol. The molecule has 14 heavy (non-hydrogen) atoms. The summed E-state index contributed by atoms with van der Waals surface area (Å²) < 4.78 is 18.3. The van der Waals surface area contributed by atoms with Crippen LogP contribution in [0.25, 0.3) is 11.0 Å². The van der Waals surface area contributed by atoms with Crippen LogP contribution in [0.5, 0.6) is 0 Å². The van der Waals surface area contributed by atoms with Crippen LogP contribution in [0, 0.1) is 12.7 Å². The first-order valence-corrected chi connectivity index (χ1v) is 4.29. The molecule has 0 saturated heterocycles. The van der Waals surface area contributed by atoms with Crippen molar-refractivity contribution >= 4 is 16.8 Å². The molecule has 0 unspecified atom stereocenters. The molecule has 0 saturated carbocycles. The summed E-state index contributed by atoms with van der Waals surface area (Å²) in [5, 5.41) is 0.551. The molecule has 0 fully saturated rings. The molecule has 3 heteroatoms. The number of fused-ring (bicyclic) bond motifs is 1. The Balaban J connectivity index is 2.86. The number of halogens is 1. The average Bonchev–Trinajstić information content (AvgIpc) is 2.40. The zero-order chi connectivity index (χ0) is 10.3. The highest BCUT2D eigenvalue weighted by Gasteiger charge is 2.14. The first-order valence-electron chi connectivity index (χ1n) is 4.29. The van der Waals surface area contributed by atoms with Gasteiger partial charge in [-0.3, -0.25) is 4.79 Å². The summed E-state index contributed by atoms with van der Waals surface area (Å²) in [5.41, 5.74) is 1.02. The Morgan fingerprint density at radius 3 is 2.79 bits per heavy atom. The van der Waals surface area contributed by atoms with E-state index in [4.69, 9.17) is 4.42 Å². The van der Waals surface area contributed by atoms with Gasteiger partial charge in [0, 0.05) is 5.39 Å². The van der Waals surface area contributed by atoms with Gasteiger partial charge in [-0.05, 0) is 32.0 Å². The molecule has 0 aliphatic rings. The largest absolute Gasteiger partial charge is 0.461 e. The summed E-state index contributed by atoms with van der Waals surface area (Å²) in [4.78, 5) is 11.3. The predicted octanol–water partition coefficient (Wildman–Crippen LogP) is 3.08. The molecule has 2 nitrogen and oxygen atoms in total. The lowest BCUT2D eigenvalue weighted by Gasteiger charge is -1.92. The molecule has 0 aliphatic heterocycles. The van der Waals surface area contributed by atoms with Gasteiger partial charge in [0.1, 0.15) is 17.2 Å². The van der Waals surface area contributed by atoms with Crippen LogP contribution in [0.2, 0.25) is 0 Å². The topological polar surface area (TPSA) is 30.2 Å². The van der Waals surface area contributed by atoms with E-state index in [1.54, 1.807) is 6.92 Å². The Kier molecular flexibility index (Phi) is 1.88. The van der Waals surface area contributed by atoms with E-state index in [1.807, 2.05) is 0 Å². The quantitative estimate of drug-likeness (QED) is 0.650. The number of hydrogen-bond donors (Lipinski definition) is 0. The monoisotopic (exact) mass is 192 g/mol. The third-order valence-corrected chi connectivity index (χ3v) is 2.18. The molecule has 1 aromatic heterocycles. The molecule has 0 radical (unpaired) electrons. The molecule has 1 heterocycles. The summed E-state index contributed by atoms with van der Waals surface area (Å²) in [6.07, 6.45) is 0. The van der Waals surface area contributed by atoms with Gasteiger partial charge in [-0.1, -0.05) is 0 Å². The molecule has 0 aliphatic carbocycles. The van der Waals surface area contributed by atoms with Crippen molar-refractivity contribution in [1.29, 1.82) is 0 Å².